The van der Waals surface area contributed by atoms with Gasteiger partial charge in [-0.1, -0.05) is 0 Å². The molecule has 0 unspecified atom stereocenters. The Kier molecular flexibility index (Phi) is 3.65. The van der Waals surface area contributed by atoms with Crippen molar-refractivity contribution in [3.8, 4) is 0 Å². The number of nitrogens with one attached hydrogen (secondary N) is 1. The van der Waals surface area contributed by atoms with E-state index in [1.54, 1.807) is 13.0 Å². The summed E-state index contributed by atoms with van der Waals surface area (Å²) >= 11 is 0. The van der Waals surface area contributed by atoms with Gasteiger partial charge in [-0.25, -0.2) is 13.4 Å². The molecule has 0 bridgehead atoms. The molecule has 1 rings (SSSR count). The first-order valence-electron chi connectivity index (χ1n) is 4.49. The Morgan fingerprint density at radius 3 is 2.60 bits per heavy atom. The van der Waals surface area contributed by atoms with Crippen molar-refractivity contribution in [3.05, 3.63) is 23.4 Å². The van der Waals surface area contributed by atoms with E-state index in [2.05, 4.69) is 9.71 Å². The van der Waals surface area contributed by atoms with E-state index in [-0.39, 0.29) is 5.75 Å². The molecular weight excluding hydrogens is 216 g/mol. The molecule has 6 heteroatoms. The van der Waals surface area contributed by atoms with Crippen LogP contribution in [-0.2, 0) is 10.0 Å². The minimum absolute atomic E-state index is 0.293. The maximum Gasteiger partial charge on any atom is 0.236 e. The molecule has 2 N–H and O–H groups in total. The molecule has 1 aromatic rings. The number of aryl methyl sites for hydroxylation is 2. The fraction of sp³-hybridized carbons (Fsp3) is 0.444. The summed E-state index contributed by atoms with van der Waals surface area (Å²) in [6.07, 6.45) is 0. The first-order valence-corrected chi connectivity index (χ1v) is 6.15. The van der Waals surface area contributed by atoms with E-state index in [0.29, 0.717) is 5.82 Å². The van der Waals surface area contributed by atoms with Gasteiger partial charge in [-0.3, -0.25) is 4.72 Å². The van der Waals surface area contributed by atoms with Gasteiger partial charge < -0.3 is 5.11 Å². The third kappa shape index (κ3) is 3.85. The van der Waals surface area contributed by atoms with Crippen molar-refractivity contribution in [2.45, 2.75) is 13.8 Å². The largest absolute Gasteiger partial charge is 0.395 e. The fourth-order valence-electron chi connectivity index (χ4n) is 1.22. The maximum absolute atomic E-state index is 11.3. The summed E-state index contributed by atoms with van der Waals surface area (Å²) in [5.74, 6) is -0.0252. The molecule has 1 aromatic heterocycles. The van der Waals surface area contributed by atoms with Gasteiger partial charge in [0.25, 0.3) is 0 Å². The molecule has 0 saturated carbocycles. The highest BCUT2D eigenvalue weighted by atomic mass is 32.2. The second-order valence-electron chi connectivity index (χ2n) is 3.32. The summed E-state index contributed by atoms with van der Waals surface area (Å²) in [5.41, 5.74) is 1.68. The normalized spacial score (nSPS) is 11.4. The van der Waals surface area contributed by atoms with Crippen LogP contribution in [0.15, 0.2) is 12.1 Å². The third-order valence-electron chi connectivity index (χ3n) is 1.72. The van der Waals surface area contributed by atoms with Crippen molar-refractivity contribution in [2.75, 3.05) is 17.1 Å². The number of hydrogen-bond donors (Lipinski definition) is 2. The Balaban J connectivity index is 2.90. The number of aliphatic hydroxyl groups excluding tert-OH is 1. The van der Waals surface area contributed by atoms with Crippen molar-refractivity contribution >= 4 is 15.8 Å². The van der Waals surface area contributed by atoms with Crippen molar-refractivity contribution in [1.29, 1.82) is 0 Å². The van der Waals surface area contributed by atoms with Crippen molar-refractivity contribution in [2.24, 2.45) is 0 Å². The molecule has 84 valence electrons. The van der Waals surface area contributed by atoms with E-state index < -0.39 is 16.6 Å². The van der Waals surface area contributed by atoms with Crippen molar-refractivity contribution < 1.29 is 13.5 Å². The summed E-state index contributed by atoms with van der Waals surface area (Å²) < 4.78 is 24.9. The highest BCUT2D eigenvalue weighted by Crippen LogP contribution is 2.10. The molecule has 0 atom stereocenters. The van der Waals surface area contributed by atoms with Crippen LogP contribution in [0, 0.1) is 13.8 Å². The molecule has 0 amide bonds. The number of anilines is 1. The highest BCUT2D eigenvalue weighted by molar-refractivity contribution is 7.92. The molecule has 0 aliphatic heterocycles. The van der Waals surface area contributed by atoms with Crippen LogP contribution in [0.3, 0.4) is 0 Å². The second kappa shape index (κ2) is 4.59. The summed E-state index contributed by atoms with van der Waals surface area (Å²) in [5, 5.41) is 8.55. The lowest BCUT2D eigenvalue weighted by atomic mass is 10.2. The number of aliphatic hydroxyl groups is 1. The van der Waals surface area contributed by atoms with Crippen LogP contribution >= 0.6 is 0 Å². The van der Waals surface area contributed by atoms with Gasteiger partial charge in [-0.2, -0.15) is 0 Å². The number of pyridine rings is 1. The van der Waals surface area contributed by atoms with Gasteiger partial charge in [-0.15, -0.1) is 0 Å². The van der Waals surface area contributed by atoms with Gasteiger partial charge in [-0.05, 0) is 31.5 Å². The van der Waals surface area contributed by atoms with Crippen LogP contribution in [0.4, 0.5) is 5.82 Å². The molecule has 0 aliphatic rings. The Morgan fingerprint density at radius 2 is 2.07 bits per heavy atom. The van der Waals surface area contributed by atoms with E-state index in [0.717, 1.165) is 11.3 Å². The van der Waals surface area contributed by atoms with E-state index in [1.807, 2.05) is 13.0 Å². The molecule has 0 aliphatic carbocycles. The van der Waals surface area contributed by atoms with Gasteiger partial charge >= 0.3 is 0 Å². The topological polar surface area (TPSA) is 79.3 Å². The number of nitrogens with zero attached hydrogens (tertiary/aromatic N) is 1. The second-order valence-corrected chi connectivity index (χ2v) is 5.16. The predicted octanol–water partition coefficient (Wildman–Crippen LogP) is 0.432. The minimum Gasteiger partial charge on any atom is -0.395 e. The van der Waals surface area contributed by atoms with Gasteiger partial charge in [0.05, 0.1) is 12.4 Å². The Morgan fingerprint density at radius 1 is 1.40 bits per heavy atom. The zero-order valence-corrected chi connectivity index (χ0v) is 9.50. The molecule has 0 spiro atoms. The van der Waals surface area contributed by atoms with Crippen LogP contribution in [0.25, 0.3) is 0 Å². The van der Waals surface area contributed by atoms with Gasteiger partial charge in [0.15, 0.2) is 0 Å². The average Bonchev–Trinajstić information content (AvgIpc) is 1.99. The van der Waals surface area contributed by atoms with E-state index in [9.17, 15) is 8.42 Å². The Hall–Kier alpha value is -1.14. The third-order valence-corrected chi connectivity index (χ3v) is 2.96. The molecule has 0 aromatic carbocycles. The van der Waals surface area contributed by atoms with Crippen molar-refractivity contribution in [1.82, 2.24) is 4.98 Å². The van der Waals surface area contributed by atoms with Crippen LogP contribution in [0.1, 0.15) is 11.3 Å². The van der Waals surface area contributed by atoms with E-state index >= 15 is 0 Å². The molecule has 15 heavy (non-hydrogen) atoms. The number of rotatable bonds is 4. The van der Waals surface area contributed by atoms with Gasteiger partial charge in [0.2, 0.25) is 10.0 Å². The molecule has 0 radical (unpaired) electrons. The molecule has 0 saturated heterocycles. The van der Waals surface area contributed by atoms with Gasteiger partial charge in [0, 0.05) is 5.69 Å². The van der Waals surface area contributed by atoms with Crippen LogP contribution < -0.4 is 4.72 Å². The monoisotopic (exact) mass is 230 g/mol. The predicted molar refractivity (Wildman–Crippen MR) is 58.2 cm³/mol. The minimum atomic E-state index is -3.48. The summed E-state index contributed by atoms with van der Waals surface area (Å²) in [6.45, 7) is 3.25. The zero-order chi connectivity index (χ0) is 11.5. The lowest BCUT2D eigenvalue weighted by Crippen LogP contribution is -2.19. The number of sulfonamides is 1. The Bertz CT molecular complexity index is 422. The molecular formula is C9H14N2O3S. The van der Waals surface area contributed by atoms with Gasteiger partial charge in [0.1, 0.15) is 5.82 Å². The Labute approximate surface area is 89.2 Å². The first-order chi connectivity index (χ1) is 6.93. The maximum atomic E-state index is 11.3. The lowest BCUT2D eigenvalue weighted by Gasteiger charge is -2.07. The fourth-order valence-corrected chi connectivity index (χ4v) is 1.99. The van der Waals surface area contributed by atoms with Crippen LogP contribution in [0.5, 0.6) is 0 Å². The van der Waals surface area contributed by atoms with E-state index in [1.165, 1.54) is 0 Å². The molecule has 1 heterocycles. The standard InChI is InChI=1S/C9H14N2O3S/c1-7-5-8(2)10-9(6-7)11-15(13,14)4-3-12/h5-6,12H,3-4H2,1-2H3,(H,10,11). The quantitative estimate of drug-likeness (QED) is 0.786. The number of aromatic nitrogens is 1. The smallest absolute Gasteiger partial charge is 0.236 e. The highest BCUT2D eigenvalue weighted by Gasteiger charge is 2.10. The first kappa shape index (κ1) is 11.9. The molecule has 0 fully saturated rings. The van der Waals surface area contributed by atoms with Crippen molar-refractivity contribution in [3.63, 3.8) is 0 Å². The number of hydrogen-bond acceptors (Lipinski definition) is 4. The average molecular weight is 230 g/mol. The van der Waals surface area contributed by atoms with Crippen LogP contribution in [-0.4, -0.2) is 30.9 Å². The zero-order valence-electron chi connectivity index (χ0n) is 8.69. The lowest BCUT2D eigenvalue weighted by molar-refractivity contribution is 0.320. The summed E-state index contributed by atoms with van der Waals surface area (Å²) in [7, 11) is -3.48. The SMILES string of the molecule is Cc1cc(C)nc(NS(=O)(=O)CCO)c1. The van der Waals surface area contributed by atoms with Crippen LogP contribution in [0.2, 0.25) is 0 Å². The summed E-state index contributed by atoms with van der Waals surface area (Å²) in [4.78, 5) is 4.03. The summed E-state index contributed by atoms with van der Waals surface area (Å²) in [6, 6.07) is 3.49. The molecule has 5 nitrogen and oxygen atoms in total. The van der Waals surface area contributed by atoms with E-state index in [4.69, 9.17) is 5.11 Å².